The summed E-state index contributed by atoms with van der Waals surface area (Å²) < 4.78 is 19.3. The highest BCUT2D eigenvalue weighted by Crippen LogP contribution is 2.20. The number of ether oxygens (including phenoxy) is 1. The van der Waals surface area contributed by atoms with Crippen LogP contribution in [0.5, 0.6) is 5.75 Å². The van der Waals surface area contributed by atoms with Gasteiger partial charge < -0.3 is 10.5 Å². The van der Waals surface area contributed by atoms with E-state index in [-0.39, 0.29) is 10.7 Å². The van der Waals surface area contributed by atoms with Crippen LogP contribution in [0.25, 0.3) is 0 Å². The Kier molecular flexibility index (Phi) is 4.35. The van der Waals surface area contributed by atoms with Crippen molar-refractivity contribution in [3.8, 4) is 5.75 Å². The van der Waals surface area contributed by atoms with Gasteiger partial charge in [0.25, 0.3) is 0 Å². The third kappa shape index (κ3) is 3.54. The molecule has 0 saturated carbocycles. The van der Waals surface area contributed by atoms with Gasteiger partial charge in [0.2, 0.25) is 0 Å². The van der Waals surface area contributed by atoms with Crippen molar-refractivity contribution in [2.75, 3.05) is 0 Å². The molecule has 104 valence electrons. The van der Waals surface area contributed by atoms with Crippen molar-refractivity contribution in [2.45, 2.75) is 20.5 Å². The van der Waals surface area contributed by atoms with Crippen molar-refractivity contribution in [3.63, 3.8) is 0 Å². The molecule has 4 heteroatoms. The fraction of sp³-hybridized carbons (Fsp3) is 0.188. The fourth-order valence-corrected chi connectivity index (χ4v) is 2.21. The highest BCUT2D eigenvalue weighted by Gasteiger charge is 2.07. The highest BCUT2D eigenvalue weighted by molar-refractivity contribution is 7.80. The number of nitrogens with two attached hydrogens (primary N) is 1. The zero-order valence-electron chi connectivity index (χ0n) is 11.4. The molecule has 0 aliphatic carbocycles. The Morgan fingerprint density at radius 1 is 1.15 bits per heavy atom. The number of hydrogen-bond donors (Lipinski definition) is 1. The fourth-order valence-electron chi connectivity index (χ4n) is 2.08. The first-order valence-electron chi connectivity index (χ1n) is 6.25. The van der Waals surface area contributed by atoms with E-state index in [1.54, 1.807) is 12.1 Å². The number of rotatable bonds is 4. The summed E-state index contributed by atoms with van der Waals surface area (Å²) in [6.45, 7) is 4.37. The molecule has 0 aliphatic rings. The van der Waals surface area contributed by atoms with Crippen molar-refractivity contribution in [1.82, 2.24) is 0 Å². The molecule has 0 saturated heterocycles. The van der Waals surface area contributed by atoms with Gasteiger partial charge in [-0.1, -0.05) is 41.5 Å². The topological polar surface area (TPSA) is 35.2 Å². The van der Waals surface area contributed by atoms with E-state index in [0.717, 1.165) is 16.7 Å². The molecular formula is C16H16FNOS. The molecule has 0 radical (unpaired) electrons. The summed E-state index contributed by atoms with van der Waals surface area (Å²) in [7, 11) is 0. The molecule has 2 aromatic rings. The molecule has 0 heterocycles. The Balaban J connectivity index is 2.12. The summed E-state index contributed by atoms with van der Waals surface area (Å²) in [6, 6.07) is 10.6. The summed E-state index contributed by atoms with van der Waals surface area (Å²) in [6.07, 6.45) is 0. The minimum absolute atomic E-state index is 0.171. The molecule has 2 N–H and O–H groups in total. The maximum Gasteiger partial charge on any atom is 0.165 e. The third-order valence-electron chi connectivity index (χ3n) is 2.89. The first kappa shape index (κ1) is 14.5. The standard InChI is InChI=1S/C16H16FNOS/c1-10-5-11(2)7-12(6-10)9-19-15-4-3-13(16(18)20)8-14(15)17/h3-8H,9H2,1-2H3,(H2,18,20). The van der Waals surface area contributed by atoms with Crippen LogP contribution in [0.3, 0.4) is 0 Å². The quantitative estimate of drug-likeness (QED) is 0.873. The maximum atomic E-state index is 13.8. The zero-order chi connectivity index (χ0) is 14.7. The Hall–Kier alpha value is -1.94. The van der Waals surface area contributed by atoms with Crippen LogP contribution < -0.4 is 10.5 Å². The van der Waals surface area contributed by atoms with Gasteiger partial charge in [0.15, 0.2) is 11.6 Å². The smallest absolute Gasteiger partial charge is 0.165 e. The van der Waals surface area contributed by atoms with Gasteiger partial charge >= 0.3 is 0 Å². The summed E-state index contributed by atoms with van der Waals surface area (Å²) in [4.78, 5) is 0.171. The first-order valence-corrected chi connectivity index (χ1v) is 6.66. The summed E-state index contributed by atoms with van der Waals surface area (Å²) in [5.41, 5.74) is 9.29. The van der Waals surface area contributed by atoms with Crippen LogP contribution in [0.2, 0.25) is 0 Å². The number of halogens is 1. The lowest BCUT2D eigenvalue weighted by atomic mass is 10.1. The molecule has 0 fully saturated rings. The second-order valence-electron chi connectivity index (χ2n) is 4.79. The molecule has 2 rings (SSSR count). The van der Waals surface area contributed by atoms with E-state index < -0.39 is 5.82 Å². The van der Waals surface area contributed by atoms with Crippen molar-refractivity contribution in [2.24, 2.45) is 5.73 Å². The van der Waals surface area contributed by atoms with Crippen LogP contribution in [0.4, 0.5) is 4.39 Å². The van der Waals surface area contributed by atoms with Gasteiger partial charge in [-0.3, -0.25) is 0 Å². The van der Waals surface area contributed by atoms with Crippen molar-refractivity contribution < 1.29 is 9.13 Å². The number of aryl methyl sites for hydroxylation is 2. The van der Waals surface area contributed by atoms with E-state index in [0.29, 0.717) is 12.2 Å². The molecule has 0 atom stereocenters. The summed E-state index contributed by atoms with van der Waals surface area (Å²) >= 11 is 4.81. The van der Waals surface area contributed by atoms with Gasteiger partial charge in [-0.2, -0.15) is 0 Å². The second kappa shape index (κ2) is 6.01. The molecule has 0 amide bonds. The SMILES string of the molecule is Cc1cc(C)cc(COc2ccc(C(N)=S)cc2F)c1. The minimum Gasteiger partial charge on any atom is -0.486 e. The zero-order valence-corrected chi connectivity index (χ0v) is 12.3. The van der Waals surface area contributed by atoms with E-state index in [2.05, 4.69) is 6.07 Å². The molecule has 2 nitrogen and oxygen atoms in total. The van der Waals surface area contributed by atoms with Crippen LogP contribution in [0.15, 0.2) is 36.4 Å². The van der Waals surface area contributed by atoms with E-state index in [1.165, 1.54) is 6.07 Å². The molecule has 2 aromatic carbocycles. The van der Waals surface area contributed by atoms with E-state index in [9.17, 15) is 4.39 Å². The van der Waals surface area contributed by atoms with Gasteiger partial charge in [-0.25, -0.2) is 4.39 Å². The van der Waals surface area contributed by atoms with Gasteiger partial charge in [0.1, 0.15) is 11.6 Å². The Labute approximate surface area is 123 Å². The Morgan fingerprint density at radius 3 is 2.35 bits per heavy atom. The lowest BCUT2D eigenvalue weighted by Crippen LogP contribution is -2.09. The molecule has 0 aromatic heterocycles. The Bertz CT molecular complexity index is 635. The van der Waals surface area contributed by atoms with Gasteiger partial charge in [0, 0.05) is 5.56 Å². The molecule has 20 heavy (non-hydrogen) atoms. The van der Waals surface area contributed by atoms with Crippen LogP contribution in [-0.2, 0) is 6.61 Å². The lowest BCUT2D eigenvalue weighted by molar-refractivity contribution is 0.290. The van der Waals surface area contributed by atoms with Crippen molar-refractivity contribution in [1.29, 1.82) is 0 Å². The molecule has 0 spiro atoms. The van der Waals surface area contributed by atoms with Crippen molar-refractivity contribution in [3.05, 3.63) is 64.5 Å². The van der Waals surface area contributed by atoms with Gasteiger partial charge in [0.05, 0.1) is 0 Å². The third-order valence-corrected chi connectivity index (χ3v) is 3.13. The predicted molar refractivity (Wildman–Crippen MR) is 82.5 cm³/mol. The summed E-state index contributed by atoms with van der Waals surface area (Å²) in [5, 5.41) is 0. The number of benzene rings is 2. The predicted octanol–water partition coefficient (Wildman–Crippen LogP) is 3.66. The van der Waals surface area contributed by atoms with E-state index >= 15 is 0 Å². The monoisotopic (exact) mass is 289 g/mol. The lowest BCUT2D eigenvalue weighted by Gasteiger charge is -2.10. The highest BCUT2D eigenvalue weighted by atomic mass is 32.1. The average Bonchev–Trinajstić information content (AvgIpc) is 2.36. The van der Waals surface area contributed by atoms with Crippen LogP contribution in [0, 0.1) is 19.7 Å². The summed E-state index contributed by atoms with van der Waals surface area (Å²) in [5.74, 6) is -0.260. The van der Waals surface area contributed by atoms with Crippen LogP contribution in [0.1, 0.15) is 22.3 Å². The minimum atomic E-state index is -0.459. The van der Waals surface area contributed by atoms with E-state index in [1.807, 2.05) is 26.0 Å². The normalized spacial score (nSPS) is 10.3. The first-order chi connectivity index (χ1) is 9.45. The maximum absolute atomic E-state index is 13.8. The van der Waals surface area contributed by atoms with Crippen molar-refractivity contribution >= 4 is 17.2 Å². The van der Waals surface area contributed by atoms with Crippen LogP contribution >= 0.6 is 12.2 Å². The average molecular weight is 289 g/mol. The molecule has 0 bridgehead atoms. The largest absolute Gasteiger partial charge is 0.486 e. The van der Waals surface area contributed by atoms with Gasteiger partial charge in [-0.05, 0) is 37.6 Å². The molecule has 0 aliphatic heterocycles. The van der Waals surface area contributed by atoms with Crippen LogP contribution in [-0.4, -0.2) is 4.99 Å². The van der Waals surface area contributed by atoms with Gasteiger partial charge in [-0.15, -0.1) is 0 Å². The van der Waals surface area contributed by atoms with E-state index in [4.69, 9.17) is 22.7 Å². The number of thiocarbonyl (C=S) groups is 1. The molecular weight excluding hydrogens is 273 g/mol. The second-order valence-corrected chi connectivity index (χ2v) is 5.23. The molecule has 0 unspecified atom stereocenters. The Morgan fingerprint density at radius 2 is 1.80 bits per heavy atom. The number of hydrogen-bond acceptors (Lipinski definition) is 2.